The quantitative estimate of drug-likeness (QED) is 0.440. The highest BCUT2D eigenvalue weighted by atomic mass is 32.1. The van der Waals surface area contributed by atoms with Gasteiger partial charge in [-0.1, -0.05) is 0 Å². The first kappa shape index (κ1) is 24.0. The molecule has 0 aromatic carbocycles. The van der Waals surface area contributed by atoms with E-state index in [9.17, 15) is 22.8 Å². The minimum Gasteiger partial charge on any atom is -0.462 e. The molecule has 4 rings (SSSR count). The number of anilines is 1. The van der Waals surface area contributed by atoms with Crippen LogP contribution in [0, 0.1) is 5.92 Å². The molecule has 1 N–H and O–H groups in total. The number of nitrogens with zero attached hydrogens (tertiary/aromatic N) is 4. The van der Waals surface area contributed by atoms with Crippen LogP contribution in [0.3, 0.4) is 0 Å². The maximum atomic E-state index is 13.3. The lowest BCUT2D eigenvalue weighted by atomic mass is 9.92. The van der Waals surface area contributed by atoms with Crippen molar-refractivity contribution in [3.63, 3.8) is 0 Å². The lowest BCUT2D eigenvalue weighted by molar-refractivity contribution is -0.117. The summed E-state index contributed by atoms with van der Waals surface area (Å²) in [5.74, 6) is -1.71. The lowest BCUT2D eigenvalue weighted by Crippen LogP contribution is -2.20. The standard InChI is InChI=1S/C21H22F3N5O4S/c1-3-32-20(31)17-12-6-10(25-9-26-15-8-16(28-29(15)2)33-21(23)24)4-5-14(12)34-19(17)27-18(30)11-7-13(11)22/h8,10-11,13,21H,3-7H2,1-2H3,(H,27,30)/t10?,11-,13-/m0/s1. The van der Waals surface area contributed by atoms with Crippen molar-refractivity contribution in [2.24, 2.45) is 23.0 Å². The summed E-state index contributed by atoms with van der Waals surface area (Å²) in [5, 5.41) is 6.84. The van der Waals surface area contributed by atoms with Crippen molar-refractivity contribution in [1.82, 2.24) is 9.78 Å². The van der Waals surface area contributed by atoms with Crippen LogP contribution in [0.1, 0.15) is 40.6 Å². The van der Waals surface area contributed by atoms with E-state index in [1.807, 2.05) is 0 Å². The Balaban J connectivity index is 1.52. The van der Waals surface area contributed by atoms with Crippen molar-refractivity contribution in [2.45, 2.75) is 51.4 Å². The van der Waals surface area contributed by atoms with Gasteiger partial charge in [-0.25, -0.2) is 18.9 Å². The predicted molar refractivity (Wildman–Crippen MR) is 117 cm³/mol. The van der Waals surface area contributed by atoms with E-state index in [1.54, 1.807) is 6.92 Å². The normalized spacial score (nSPS) is 20.8. The highest BCUT2D eigenvalue weighted by Crippen LogP contribution is 2.41. The highest BCUT2D eigenvalue weighted by molar-refractivity contribution is 7.17. The molecular weight excluding hydrogens is 475 g/mol. The fourth-order valence-electron chi connectivity index (χ4n) is 3.67. The molecule has 0 spiro atoms. The number of rotatable bonds is 8. The summed E-state index contributed by atoms with van der Waals surface area (Å²) in [5.41, 5.74) is 1.02. The maximum Gasteiger partial charge on any atom is 0.388 e. The Morgan fingerprint density at radius 3 is 2.88 bits per heavy atom. The molecule has 1 saturated carbocycles. The van der Waals surface area contributed by atoms with E-state index in [-0.39, 0.29) is 36.3 Å². The van der Waals surface area contributed by atoms with Gasteiger partial charge in [0.25, 0.3) is 0 Å². The summed E-state index contributed by atoms with van der Waals surface area (Å²) in [7, 11) is 1.52. The predicted octanol–water partition coefficient (Wildman–Crippen LogP) is 3.92. The summed E-state index contributed by atoms with van der Waals surface area (Å²) >= 11 is 1.30. The Morgan fingerprint density at radius 2 is 2.21 bits per heavy atom. The molecule has 3 atom stereocenters. The molecule has 2 aliphatic carbocycles. The highest BCUT2D eigenvalue weighted by Gasteiger charge is 2.44. The molecule has 182 valence electrons. The number of thiophene rings is 1. The number of hydrogen-bond donors (Lipinski definition) is 1. The van der Waals surface area contributed by atoms with E-state index in [2.05, 4.69) is 31.1 Å². The van der Waals surface area contributed by atoms with Gasteiger partial charge in [0.1, 0.15) is 11.2 Å². The van der Waals surface area contributed by atoms with Crippen LogP contribution < -0.4 is 10.1 Å². The number of ether oxygens (including phenoxy) is 2. The number of hydrogen-bond acceptors (Lipinski definition) is 8. The molecule has 0 saturated heterocycles. The number of nitrogens with one attached hydrogen (secondary N) is 1. The number of alkyl halides is 3. The minimum atomic E-state index is -2.99. The van der Waals surface area contributed by atoms with Crippen LogP contribution in [-0.4, -0.2) is 53.1 Å². The summed E-state index contributed by atoms with van der Waals surface area (Å²) in [4.78, 5) is 34.2. The molecule has 9 nitrogen and oxygen atoms in total. The Hall–Kier alpha value is -3.18. The van der Waals surface area contributed by atoms with Crippen molar-refractivity contribution in [2.75, 3.05) is 11.9 Å². The zero-order chi connectivity index (χ0) is 24.4. The summed E-state index contributed by atoms with van der Waals surface area (Å²) in [6.45, 7) is -1.14. The van der Waals surface area contributed by atoms with Crippen LogP contribution in [0.5, 0.6) is 5.88 Å². The zero-order valence-electron chi connectivity index (χ0n) is 18.4. The molecule has 2 aromatic heterocycles. The van der Waals surface area contributed by atoms with Gasteiger partial charge >= 0.3 is 12.6 Å². The van der Waals surface area contributed by atoms with Crippen LogP contribution in [0.2, 0.25) is 0 Å². The minimum absolute atomic E-state index is 0.169. The molecular formula is C21H22F3N5O4S. The topological polar surface area (TPSA) is 107 Å². The molecule has 2 heterocycles. The molecule has 2 aromatic rings. The van der Waals surface area contributed by atoms with Crippen molar-refractivity contribution < 1.29 is 32.2 Å². The van der Waals surface area contributed by atoms with Gasteiger partial charge in [-0.15, -0.1) is 16.4 Å². The second-order valence-electron chi connectivity index (χ2n) is 7.86. The molecule has 0 radical (unpaired) electrons. The van der Waals surface area contributed by atoms with Gasteiger partial charge < -0.3 is 14.8 Å². The van der Waals surface area contributed by atoms with Crippen molar-refractivity contribution >= 4 is 40.0 Å². The second-order valence-corrected chi connectivity index (χ2v) is 8.96. The largest absolute Gasteiger partial charge is 0.462 e. The third-order valence-electron chi connectivity index (χ3n) is 5.45. The Morgan fingerprint density at radius 1 is 1.44 bits per heavy atom. The molecule has 2 aliphatic rings. The fourth-order valence-corrected chi connectivity index (χ4v) is 4.90. The van der Waals surface area contributed by atoms with Crippen molar-refractivity contribution in [3.8, 4) is 5.88 Å². The maximum absolute atomic E-state index is 13.3. The molecule has 1 amide bonds. The molecule has 0 aliphatic heterocycles. The third kappa shape index (κ3) is 5.31. The first-order valence-electron chi connectivity index (χ1n) is 10.7. The van der Waals surface area contributed by atoms with Gasteiger partial charge in [0.15, 0.2) is 5.82 Å². The van der Waals surface area contributed by atoms with Crippen molar-refractivity contribution in [1.29, 1.82) is 0 Å². The average Bonchev–Trinajstić information content (AvgIpc) is 3.25. The first-order chi connectivity index (χ1) is 16.3. The van der Waals surface area contributed by atoms with E-state index >= 15 is 0 Å². The summed E-state index contributed by atoms with van der Waals surface area (Å²) in [6.07, 6.45) is 0.723. The second kappa shape index (κ2) is 9.98. The number of fused-ring (bicyclic) bond motifs is 1. The Labute approximate surface area is 196 Å². The molecule has 0 bridgehead atoms. The van der Waals surface area contributed by atoms with E-state index in [0.29, 0.717) is 24.3 Å². The zero-order valence-corrected chi connectivity index (χ0v) is 19.2. The molecule has 13 heteroatoms. The molecule has 1 unspecified atom stereocenters. The van der Waals surface area contributed by atoms with Gasteiger partial charge in [-0.3, -0.25) is 4.79 Å². The number of carbonyl (C=O) groups excluding carboxylic acids is 2. The fraction of sp³-hybridized carbons (Fsp3) is 0.524. The molecule has 34 heavy (non-hydrogen) atoms. The van der Waals surface area contributed by atoms with Gasteiger partial charge in [-0.05, 0) is 38.2 Å². The smallest absolute Gasteiger partial charge is 0.388 e. The van der Waals surface area contributed by atoms with E-state index in [0.717, 1.165) is 10.4 Å². The van der Waals surface area contributed by atoms with Gasteiger partial charge in [0.05, 0.1) is 30.1 Å². The third-order valence-corrected chi connectivity index (χ3v) is 6.66. The number of aliphatic imine (C=N–C) groups is 2. The average molecular weight is 497 g/mol. The number of halogens is 3. The summed E-state index contributed by atoms with van der Waals surface area (Å²) in [6, 6.07) is 3.57. The van der Waals surface area contributed by atoms with Crippen molar-refractivity contribution in [3.05, 3.63) is 22.1 Å². The van der Waals surface area contributed by atoms with Gasteiger partial charge in [0.2, 0.25) is 11.8 Å². The Kier molecular flexibility index (Phi) is 7.03. The number of amides is 1. The number of aryl methyl sites for hydroxylation is 2. The number of esters is 1. The van der Waals surface area contributed by atoms with Crippen LogP contribution in [0.25, 0.3) is 0 Å². The monoisotopic (exact) mass is 497 g/mol. The lowest BCUT2D eigenvalue weighted by Gasteiger charge is -2.18. The van der Waals surface area contributed by atoms with Crippen LogP contribution in [-0.2, 0) is 29.4 Å². The van der Waals surface area contributed by atoms with Gasteiger partial charge in [0, 0.05) is 18.0 Å². The SMILES string of the molecule is CCOC(=O)c1c(NC(=O)[C@H]2C[C@@H]2F)sc2c1CC(N=C=Nc1cc(OC(F)F)nn1C)CC2. The van der Waals surface area contributed by atoms with Crippen LogP contribution in [0.4, 0.5) is 24.0 Å². The van der Waals surface area contributed by atoms with E-state index in [1.165, 1.54) is 29.1 Å². The van der Waals surface area contributed by atoms with E-state index < -0.39 is 30.6 Å². The Bertz CT molecular complexity index is 1160. The molecule has 1 fully saturated rings. The number of aromatic nitrogens is 2. The number of carbonyl (C=O) groups is 2. The van der Waals surface area contributed by atoms with Crippen LogP contribution in [0.15, 0.2) is 16.1 Å². The van der Waals surface area contributed by atoms with Crippen LogP contribution >= 0.6 is 11.3 Å². The summed E-state index contributed by atoms with van der Waals surface area (Å²) < 4.78 is 48.7. The van der Waals surface area contributed by atoms with E-state index in [4.69, 9.17) is 4.74 Å². The van der Waals surface area contributed by atoms with Gasteiger partial charge in [-0.2, -0.15) is 13.8 Å². The first-order valence-corrected chi connectivity index (χ1v) is 11.5.